The number of piperidine rings is 1. The average molecular weight is 691 g/mol. The predicted molar refractivity (Wildman–Crippen MR) is 170 cm³/mol. The van der Waals surface area contributed by atoms with Crippen molar-refractivity contribution in [3.05, 3.63) is 68.7 Å². The second-order valence-corrected chi connectivity index (χ2v) is 13.4. The fourth-order valence-corrected chi connectivity index (χ4v) is 6.72. The van der Waals surface area contributed by atoms with Crippen LogP contribution in [0.5, 0.6) is 11.5 Å². The van der Waals surface area contributed by atoms with Gasteiger partial charge in [-0.2, -0.15) is 0 Å². The summed E-state index contributed by atoms with van der Waals surface area (Å²) in [6.45, 7) is 8.57. The van der Waals surface area contributed by atoms with Crippen molar-refractivity contribution in [2.24, 2.45) is 0 Å². The van der Waals surface area contributed by atoms with Crippen LogP contribution in [0, 0.1) is 0 Å². The molecule has 0 saturated carbocycles. The highest BCUT2D eigenvalue weighted by Crippen LogP contribution is 2.40. The molecule has 1 fully saturated rings. The number of esters is 1. The zero-order chi connectivity index (χ0) is 30.9. The molecule has 0 bridgehead atoms. The van der Waals surface area contributed by atoms with Gasteiger partial charge >= 0.3 is 12.1 Å². The lowest BCUT2D eigenvalue weighted by Gasteiger charge is -2.33. The number of nitrogens with zero attached hydrogens (tertiary/aromatic N) is 3. The van der Waals surface area contributed by atoms with E-state index >= 15 is 0 Å². The van der Waals surface area contributed by atoms with E-state index in [1.54, 1.807) is 23.4 Å². The van der Waals surface area contributed by atoms with Crippen molar-refractivity contribution in [1.82, 2.24) is 14.5 Å². The second kappa shape index (κ2) is 12.8. The Balaban J connectivity index is 1.38. The third kappa shape index (κ3) is 6.94. The maximum atomic E-state index is 12.7. The molecule has 12 heteroatoms. The van der Waals surface area contributed by atoms with Crippen LogP contribution in [-0.4, -0.2) is 58.4 Å². The van der Waals surface area contributed by atoms with Gasteiger partial charge in [-0.1, -0.05) is 29.8 Å². The number of carbonyl (C=O) groups excluding carboxylic acids is 2. The lowest BCUT2D eigenvalue weighted by atomic mass is 10.1. The number of rotatable bonds is 7. The lowest BCUT2D eigenvalue weighted by Crippen LogP contribution is -2.44. The summed E-state index contributed by atoms with van der Waals surface area (Å²) in [5.41, 5.74) is 1.81. The minimum Gasteiger partial charge on any atom is -0.489 e. The molecular formula is C31H33BrClN3O6S. The van der Waals surface area contributed by atoms with Crippen LogP contribution in [-0.2, 0) is 9.47 Å². The first-order valence-corrected chi connectivity index (χ1v) is 15.9. The number of halogens is 2. The summed E-state index contributed by atoms with van der Waals surface area (Å²) >= 11 is 11.4. The second-order valence-electron chi connectivity index (χ2n) is 11.2. The number of carbonyl (C=O) groups is 2. The number of likely N-dealkylation sites (tertiary alicyclic amines) is 1. The van der Waals surface area contributed by atoms with Gasteiger partial charge in [-0.25, -0.2) is 14.6 Å². The molecule has 2 aromatic heterocycles. The van der Waals surface area contributed by atoms with E-state index in [2.05, 4.69) is 20.9 Å². The first-order chi connectivity index (χ1) is 20.4. The molecule has 1 atom stereocenters. The van der Waals surface area contributed by atoms with E-state index in [-0.39, 0.29) is 12.2 Å². The molecule has 1 aliphatic heterocycles. The van der Waals surface area contributed by atoms with Gasteiger partial charge < -0.3 is 23.8 Å². The smallest absolute Gasteiger partial charge is 0.410 e. The minimum atomic E-state index is -0.533. The molecule has 43 heavy (non-hydrogen) atoms. The highest BCUT2D eigenvalue weighted by molar-refractivity contribution is 9.10. The van der Waals surface area contributed by atoms with E-state index in [1.807, 2.05) is 62.6 Å². The van der Waals surface area contributed by atoms with Gasteiger partial charge in [-0.05, 0) is 61.8 Å². The number of aromatic nitrogens is 2. The van der Waals surface area contributed by atoms with Crippen LogP contribution in [0.3, 0.4) is 0 Å². The summed E-state index contributed by atoms with van der Waals surface area (Å²) in [5.74, 6) is 0.558. The van der Waals surface area contributed by atoms with Crippen molar-refractivity contribution >= 4 is 62.0 Å². The number of thiophene rings is 1. The number of benzene rings is 2. The van der Waals surface area contributed by atoms with Crippen molar-refractivity contribution in [3.63, 3.8) is 0 Å². The largest absolute Gasteiger partial charge is 0.489 e. The molecule has 5 rings (SSSR count). The first-order valence-electron chi connectivity index (χ1n) is 13.9. The quantitative estimate of drug-likeness (QED) is 0.181. The summed E-state index contributed by atoms with van der Waals surface area (Å²) in [5, 5.41) is 1.30. The number of imidazole rings is 1. The fourth-order valence-electron chi connectivity index (χ4n) is 4.83. The Morgan fingerprint density at radius 2 is 1.84 bits per heavy atom. The van der Waals surface area contributed by atoms with Gasteiger partial charge in [0, 0.05) is 42.6 Å². The molecule has 0 unspecified atom stereocenters. The van der Waals surface area contributed by atoms with Crippen molar-refractivity contribution in [1.29, 1.82) is 0 Å². The third-order valence-corrected chi connectivity index (χ3v) is 9.15. The maximum Gasteiger partial charge on any atom is 0.410 e. The molecule has 228 valence electrons. The number of amides is 1. The molecular weight excluding hydrogens is 658 g/mol. The predicted octanol–water partition coefficient (Wildman–Crippen LogP) is 8.21. The Kier molecular flexibility index (Phi) is 9.24. The van der Waals surface area contributed by atoms with E-state index in [1.165, 1.54) is 18.4 Å². The summed E-state index contributed by atoms with van der Waals surface area (Å²) in [7, 11) is 1.34. The molecule has 4 aromatic rings. The normalized spacial score (nSPS) is 14.9. The molecule has 1 aliphatic rings. The van der Waals surface area contributed by atoms with E-state index in [9.17, 15) is 9.59 Å². The maximum absolute atomic E-state index is 12.7. The highest BCUT2D eigenvalue weighted by atomic mass is 79.9. The Labute approximate surface area is 267 Å². The van der Waals surface area contributed by atoms with E-state index < -0.39 is 17.7 Å². The Morgan fingerprint density at radius 3 is 2.51 bits per heavy atom. The highest BCUT2D eigenvalue weighted by Gasteiger charge is 2.29. The van der Waals surface area contributed by atoms with Crippen LogP contribution in [0.25, 0.3) is 16.0 Å². The lowest BCUT2D eigenvalue weighted by molar-refractivity contribution is 0.0126. The number of methoxy groups -OCH3 is 1. The van der Waals surface area contributed by atoms with Crippen LogP contribution in [0.15, 0.2) is 53.3 Å². The van der Waals surface area contributed by atoms with Gasteiger partial charge in [0.05, 0.1) is 22.6 Å². The molecule has 1 amide bonds. The molecule has 9 nitrogen and oxygen atoms in total. The van der Waals surface area contributed by atoms with Crippen LogP contribution in [0.1, 0.15) is 61.9 Å². The zero-order valence-electron chi connectivity index (χ0n) is 24.6. The number of hydrogen-bond donors (Lipinski definition) is 0. The van der Waals surface area contributed by atoms with Crippen molar-refractivity contribution in [2.75, 3.05) is 20.2 Å². The fraction of sp³-hybridized carbons (Fsp3) is 0.387. The van der Waals surface area contributed by atoms with Crippen molar-refractivity contribution in [3.8, 4) is 16.5 Å². The minimum absolute atomic E-state index is 0.0669. The van der Waals surface area contributed by atoms with Crippen LogP contribution >= 0.6 is 38.9 Å². The van der Waals surface area contributed by atoms with Gasteiger partial charge in [0.1, 0.15) is 40.6 Å². The van der Waals surface area contributed by atoms with Gasteiger partial charge in [0.2, 0.25) is 0 Å². The molecule has 0 spiro atoms. The standard InChI is InChI=1S/C31H33BrClN3O6S/c1-18(20-8-6-7-9-21(20)33)40-24-16-25(43-28(24)29(37)39-5)36-17-34-22-10-11-23(26(32)27(22)36)41-19-12-14-35(15-13-19)30(38)42-31(2,3)4/h6-11,16-19H,12-15H2,1-5H3/t18-/m1/s1. The van der Waals surface area contributed by atoms with Gasteiger partial charge in [0.15, 0.2) is 4.88 Å². The molecule has 2 aromatic carbocycles. The molecule has 0 radical (unpaired) electrons. The van der Waals surface area contributed by atoms with E-state index in [0.717, 1.165) is 21.1 Å². The van der Waals surface area contributed by atoms with Crippen molar-refractivity contribution < 1.29 is 28.5 Å². The third-order valence-electron chi connectivity index (χ3n) is 6.94. The zero-order valence-corrected chi connectivity index (χ0v) is 27.7. The topological polar surface area (TPSA) is 92.1 Å². The molecule has 3 heterocycles. The van der Waals surface area contributed by atoms with Gasteiger partial charge in [-0.15, -0.1) is 11.3 Å². The SMILES string of the molecule is COC(=O)c1sc(-n2cnc3ccc(OC4CCN(C(=O)OC(C)(C)C)CC4)c(Br)c32)cc1O[C@H](C)c1ccccc1Cl. The molecule has 0 N–H and O–H groups in total. The monoisotopic (exact) mass is 689 g/mol. The van der Waals surface area contributed by atoms with Crippen LogP contribution in [0.4, 0.5) is 4.79 Å². The number of hydrogen-bond acceptors (Lipinski definition) is 8. The molecule has 0 aliphatic carbocycles. The Morgan fingerprint density at radius 1 is 1.12 bits per heavy atom. The van der Waals surface area contributed by atoms with Gasteiger partial charge in [-0.3, -0.25) is 4.57 Å². The van der Waals surface area contributed by atoms with E-state index in [4.69, 9.17) is 30.5 Å². The summed E-state index contributed by atoms with van der Waals surface area (Å²) in [6.07, 6.45) is 2.29. The average Bonchev–Trinajstić information content (AvgIpc) is 3.58. The number of ether oxygens (including phenoxy) is 4. The van der Waals surface area contributed by atoms with Crippen LogP contribution in [0.2, 0.25) is 5.02 Å². The molecule has 1 saturated heterocycles. The Hall–Kier alpha value is -3.28. The van der Waals surface area contributed by atoms with Gasteiger partial charge in [0.25, 0.3) is 0 Å². The van der Waals surface area contributed by atoms with Crippen LogP contribution < -0.4 is 9.47 Å². The summed E-state index contributed by atoms with van der Waals surface area (Å²) < 4.78 is 25.9. The summed E-state index contributed by atoms with van der Waals surface area (Å²) in [6, 6.07) is 13.0. The van der Waals surface area contributed by atoms with E-state index in [0.29, 0.717) is 52.3 Å². The van der Waals surface area contributed by atoms with Crippen molar-refractivity contribution in [2.45, 2.75) is 58.3 Å². The number of fused-ring (bicyclic) bond motifs is 1. The Bertz CT molecular complexity index is 1640. The first kappa shape index (κ1) is 31.2. The summed E-state index contributed by atoms with van der Waals surface area (Å²) in [4.78, 5) is 31.8.